The number of amides is 2. The molecule has 0 fully saturated rings. The van der Waals surface area contributed by atoms with Crippen molar-refractivity contribution in [2.24, 2.45) is 0 Å². The van der Waals surface area contributed by atoms with E-state index in [9.17, 15) is 9.59 Å². The molecular weight excluding hydrogens is 382 g/mol. The van der Waals surface area contributed by atoms with Crippen molar-refractivity contribution in [1.82, 2.24) is 0 Å². The summed E-state index contributed by atoms with van der Waals surface area (Å²) in [5.41, 5.74) is 1.87. The Morgan fingerprint density at radius 3 is 2.68 bits per heavy atom. The third kappa shape index (κ3) is 3.99. The van der Waals surface area contributed by atoms with Gasteiger partial charge in [0, 0.05) is 18.5 Å². The second kappa shape index (κ2) is 8.39. The molecule has 0 bridgehead atoms. The number of anilines is 3. The summed E-state index contributed by atoms with van der Waals surface area (Å²) >= 11 is 6.19. The van der Waals surface area contributed by atoms with Crippen LogP contribution in [0.4, 0.5) is 17.1 Å². The van der Waals surface area contributed by atoms with Crippen LogP contribution < -0.4 is 25.0 Å². The summed E-state index contributed by atoms with van der Waals surface area (Å²) in [4.78, 5) is 26.8. The summed E-state index contributed by atoms with van der Waals surface area (Å²) < 4.78 is 10.5. The second-order valence-corrected chi connectivity index (χ2v) is 6.83. The Labute approximate surface area is 168 Å². The van der Waals surface area contributed by atoms with Crippen LogP contribution >= 0.6 is 11.6 Å². The van der Waals surface area contributed by atoms with Crippen LogP contribution in [-0.2, 0) is 9.59 Å². The Hall–Kier alpha value is -2.93. The number of carbonyl (C=O) groups is 2. The largest absolute Gasteiger partial charge is 0.495 e. The van der Waals surface area contributed by atoms with Gasteiger partial charge in [-0.15, -0.1) is 0 Å². The molecule has 0 saturated carbocycles. The highest BCUT2D eigenvalue weighted by atomic mass is 35.5. The maximum atomic E-state index is 13.0. The van der Waals surface area contributed by atoms with E-state index in [1.165, 1.54) is 14.2 Å². The maximum absolute atomic E-state index is 13.0. The minimum Gasteiger partial charge on any atom is -0.495 e. The summed E-state index contributed by atoms with van der Waals surface area (Å²) in [7, 11) is 3.05. The van der Waals surface area contributed by atoms with Crippen molar-refractivity contribution >= 4 is 40.5 Å². The molecule has 0 saturated heterocycles. The topological polar surface area (TPSA) is 79.9 Å². The van der Waals surface area contributed by atoms with E-state index in [0.29, 0.717) is 33.6 Å². The van der Waals surface area contributed by atoms with Crippen LogP contribution in [0.5, 0.6) is 11.5 Å². The monoisotopic (exact) mass is 403 g/mol. The molecule has 2 aromatic rings. The van der Waals surface area contributed by atoms with Gasteiger partial charge >= 0.3 is 0 Å². The number of rotatable bonds is 5. The summed E-state index contributed by atoms with van der Waals surface area (Å²) in [5, 5.41) is 6.32. The molecule has 2 N–H and O–H groups in total. The third-order valence-corrected chi connectivity index (χ3v) is 4.83. The van der Waals surface area contributed by atoms with Gasteiger partial charge in [-0.05, 0) is 25.1 Å². The number of halogens is 1. The van der Waals surface area contributed by atoms with E-state index in [1.54, 1.807) is 23.1 Å². The second-order valence-electron chi connectivity index (χ2n) is 6.42. The first-order chi connectivity index (χ1) is 13.4. The van der Waals surface area contributed by atoms with Crippen molar-refractivity contribution in [3.63, 3.8) is 0 Å². The van der Waals surface area contributed by atoms with E-state index < -0.39 is 0 Å². The van der Waals surface area contributed by atoms with Crippen molar-refractivity contribution < 1.29 is 19.1 Å². The zero-order valence-corrected chi connectivity index (χ0v) is 16.7. The standard InChI is InChI=1S/C20H22ClN3O4/c1-12-8-19(25)23-14-6-4-5-7-16(14)24(12)20(26)11-22-15-9-13(21)17(27-2)10-18(15)28-3/h4-7,9-10,12,22H,8,11H2,1-3H3,(H,23,25). The molecule has 8 heteroatoms. The third-order valence-electron chi connectivity index (χ3n) is 4.53. The van der Waals surface area contributed by atoms with E-state index in [-0.39, 0.29) is 30.8 Å². The smallest absolute Gasteiger partial charge is 0.246 e. The minimum atomic E-state index is -0.278. The first-order valence-corrected chi connectivity index (χ1v) is 9.18. The Balaban J connectivity index is 1.83. The molecule has 1 aliphatic rings. The Kier molecular flexibility index (Phi) is 5.94. The average Bonchev–Trinajstić information content (AvgIpc) is 2.80. The van der Waals surface area contributed by atoms with Crippen LogP contribution in [0, 0.1) is 0 Å². The molecule has 1 unspecified atom stereocenters. The van der Waals surface area contributed by atoms with Gasteiger partial charge < -0.3 is 25.0 Å². The summed E-state index contributed by atoms with van der Waals surface area (Å²) in [6.45, 7) is 1.86. The summed E-state index contributed by atoms with van der Waals surface area (Å²) in [6, 6.07) is 10.3. The SMILES string of the molecule is COc1cc(OC)c(NCC(=O)N2c3ccccc3NC(=O)CC2C)cc1Cl. The molecule has 1 heterocycles. The van der Waals surface area contributed by atoms with Crippen molar-refractivity contribution in [2.45, 2.75) is 19.4 Å². The van der Waals surface area contributed by atoms with E-state index >= 15 is 0 Å². The van der Waals surface area contributed by atoms with Gasteiger partial charge in [0.2, 0.25) is 11.8 Å². The molecule has 28 heavy (non-hydrogen) atoms. The molecular formula is C20H22ClN3O4. The van der Waals surface area contributed by atoms with Crippen molar-refractivity contribution in [1.29, 1.82) is 0 Å². The first kappa shape index (κ1) is 19.8. The molecule has 2 amide bonds. The van der Waals surface area contributed by atoms with Gasteiger partial charge in [-0.25, -0.2) is 0 Å². The van der Waals surface area contributed by atoms with Crippen molar-refractivity contribution in [2.75, 3.05) is 36.3 Å². The number of nitrogens with zero attached hydrogens (tertiary/aromatic N) is 1. The maximum Gasteiger partial charge on any atom is 0.246 e. The number of benzene rings is 2. The number of fused-ring (bicyclic) bond motifs is 1. The van der Waals surface area contributed by atoms with Crippen LogP contribution in [0.1, 0.15) is 13.3 Å². The quantitative estimate of drug-likeness (QED) is 0.798. The van der Waals surface area contributed by atoms with Crippen molar-refractivity contribution in [3.8, 4) is 11.5 Å². The number of carbonyl (C=O) groups excluding carboxylic acids is 2. The Morgan fingerprint density at radius 1 is 1.25 bits per heavy atom. The molecule has 0 aromatic heterocycles. The highest BCUT2D eigenvalue weighted by Gasteiger charge is 2.29. The van der Waals surface area contributed by atoms with Gasteiger partial charge in [0.15, 0.2) is 0 Å². The number of methoxy groups -OCH3 is 2. The number of nitrogens with one attached hydrogen (secondary N) is 2. The zero-order valence-electron chi connectivity index (χ0n) is 15.9. The molecule has 148 valence electrons. The zero-order chi connectivity index (χ0) is 20.3. The lowest BCUT2D eigenvalue weighted by Crippen LogP contribution is -2.42. The molecule has 0 radical (unpaired) electrons. The first-order valence-electron chi connectivity index (χ1n) is 8.81. The van der Waals surface area contributed by atoms with E-state index in [1.807, 2.05) is 25.1 Å². The van der Waals surface area contributed by atoms with Gasteiger partial charge in [-0.2, -0.15) is 0 Å². The van der Waals surface area contributed by atoms with Gasteiger partial charge in [0.05, 0.1) is 42.8 Å². The van der Waals surface area contributed by atoms with Crippen LogP contribution in [0.15, 0.2) is 36.4 Å². The average molecular weight is 404 g/mol. The van der Waals surface area contributed by atoms with Crippen LogP contribution in [0.2, 0.25) is 5.02 Å². The van der Waals surface area contributed by atoms with Gasteiger partial charge in [-0.3, -0.25) is 9.59 Å². The molecule has 1 aliphatic heterocycles. The number of hydrogen-bond donors (Lipinski definition) is 2. The lowest BCUT2D eigenvalue weighted by Gasteiger charge is -2.28. The van der Waals surface area contributed by atoms with Gasteiger partial charge in [0.1, 0.15) is 11.5 Å². The Bertz CT molecular complexity index is 903. The lowest BCUT2D eigenvalue weighted by molar-refractivity contribution is -0.118. The highest BCUT2D eigenvalue weighted by molar-refractivity contribution is 6.32. The van der Waals surface area contributed by atoms with E-state index in [2.05, 4.69) is 10.6 Å². The highest BCUT2D eigenvalue weighted by Crippen LogP contribution is 2.36. The summed E-state index contributed by atoms with van der Waals surface area (Å²) in [6.07, 6.45) is 0.220. The van der Waals surface area contributed by atoms with E-state index in [0.717, 1.165) is 0 Å². The lowest BCUT2D eigenvalue weighted by atomic mass is 10.1. The number of ether oxygens (including phenoxy) is 2. The predicted molar refractivity (Wildman–Crippen MR) is 110 cm³/mol. The summed E-state index contributed by atoms with van der Waals surface area (Å²) in [5.74, 6) is 0.697. The predicted octanol–water partition coefficient (Wildman–Crippen LogP) is 3.53. The van der Waals surface area contributed by atoms with Gasteiger partial charge in [-0.1, -0.05) is 23.7 Å². The molecule has 0 aliphatic carbocycles. The molecule has 0 spiro atoms. The Morgan fingerprint density at radius 2 is 1.96 bits per heavy atom. The van der Waals surface area contributed by atoms with E-state index in [4.69, 9.17) is 21.1 Å². The molecule has 3 rings (SSSR count). The van der Waals surface area contributed by atoms with Crippen molar-refractivity contribution in [3.05, 3.63) is 41.4 Å². The normalized spacial score (nSPS) is 15.9. The fourth-order valence-corrected chi connectivity index (χ4v) is 3.46. The molecule has 7 nitrogen and oxygen atoms in total. The minimum absolute atomic E-state index is 0.00584. The van der Waals surface area contributed by atoms with Crippen LogP contribution in [0.3, 0.4) is 0 Å². The molecule has 2 aromatic carbocycles. The van der Waals surface area contributed by atoms with Crippen LogP contribution in [-0.4, -0.2) is 38.6 Å². The molecule has 1 atom stereocenters. The fourth-order valence-electron chi connectivity index (χ4n) is 3.22. The van der Waals surface area contributed by atoms with Gasteiger partial charge in [0.25, 0.3) is 0 Å². The van der Waals surface area contributed by atoms with Crippen LogP contribution in [0.25, 0.3) is 0 Å². The fraction of sp³-hybridized carbons (Fsp3) is 0.300. The number of para-hydroxylation sites is 2. The number of hydrogen-bond acceptors (Lipinski definition) is 5.